The van der Waals surface area contributed by atoms with Crippen molar-refractivity contribution in [2.45, 2.75) is 43.4 Å². The molecule has 4 aromatic rings. The van der Waals surface area contributed by atoms with Crippen molar-refractivity contribution in [3.63, 3.8) is 0 Å². The van der Waals surface area contributed by atoms with Gasteiger partial charge in [-0.15, -0.1) is 0 Å². The summed E-state index contributed by atoms with van der Waals surface area (Å²) >= 11 is 12.3. The molecule has 0 spiro atoms. The number of amides is 2. The number of carbonyl (C=O) groups is 2. The lowest BCUT2D eigenvalue weighted by Crippen LogP contribution is -2.64. The highest BCUT2D eigenvalue weighted by molar-refractivity contribution is 6.35. The minimum atomic E-state index is -3.81. The Kier molecular flexibility index (Phi) is 10.4. The van der Waals surface area contributed by atoms with E-state index < -0.39 is 60.0 Å². The number of benzene rings is 3. The van der Waals surface area contributed by atoms with Gasteiger partial charge in [0, 0.05) is 60.0 Å². The predicted molar refractivity (Wildman–Crippen MR) is 188 cm³/mol. The summed E-state index contributed by atoms with van der Waals surface area (Å²) in [7, 11) is 0. The van der Waals surface area contributed by atoms with Crippen molar-refractivity contribution < 1.29 is 28.2 Å². The Labute approximate surface area is 302 Å². The SMILES string of the molecule is NCc1ccc(Oc2ncn(C[C@@]3(O)CCN(C(=O)[C@@H]4CCN(C(=O)c5cc(Cl)cc(Cl)c5)C[C@H]4c4ccccc4)CC3(F)F)c(=O)c2N)cc1. The lowest BCUT2D eigenvalue weighted by Gasteiger charge is -2.46. The number of hydrogen-bond acceptors (Lipinski definition) is 8. The standard InChI is InChI=1S/C36H36Cl2F2N6O5/c37-25-14-24(15-26(38)16-25)32(47)44-12-10-28(29(18-44)23-4-2-1-3-5-23)33(48)45-13-11-35(50,36(39,40)20-45)19-46-21-43-31(30(42)34(46)49)51-27-8-6-22(17-41)7-9-27/h1-9,14-16,21,28-29,50H,10-13,17-20,41-42H2/t28-,29+,35+/m1/s1. The average molecular weight is 742 g/mol. The topological polar surface area (TPSA) is 157 Å². The van der Waals surface area contributed by atoms with Gasteiger partial charge in [0.25, 0.3) is 17.4 Å². The first-order valence-corrected chi connectivity index (χ1v) is 17.1. The molecule has 0 radical (unpaired) electrons. The van der Waals surface area contributed by atoms with Crippen molar-refractivity contribution >= 4 is 40.7 Å². The smallest absolute Gasteiger partial charge is 0.295 e. The van der Waals surface area contributed by atoms with Crippen molar-refractivity contribution in [2.24, 2.45) is 11.7 Å². The number of nitrogens with zero attached hydrogens (tertiary/aromatic N) is 4. The van der Waals surface area contributed by atoms with Crippen molar-refractivity contribution in [1.82, 2.24) is 19.4 Å². The van der Waals surface area contributed by atoms with Crippen molar-refractivity contribution in [3.8, 4) is 11.6 Å². The zero-order valence-corrected chi connectivity index (χ0v) is 28.9. The van der Waals surface area contributed by atoms with Gasteiger partial charge < -0.3 is 31.1 Å². The fraction of sp³-hybridized carbons (Fsp3) is 0.333. The van der Waals surface area contributed by atoms with Crippen LogP contribution >= 0.6 is 23.2 Å². The molecule has 3 atom stereocenters. The summed E-state index contributed by atoms with van der Waals surface area (Å²) in [6, 6.07) is 20.4. The molecule has 15 heteroatoms. The summed E-state index contributed by atoms with van der Waals surface area (Å²) in [5.41, 5.74) is 9.56. The van der Waals surface area contributed by atoms with E-state index >= 15 is 8.78 Å². The quantitative estimate of drug-likeness (QED) is 0.230. The third kappa shape index (κ3) is 7.57. The van der Waals surface area contributed by atoms with Crippen LogP contribution in [0.25, 0.3) is 0 Å². The Morgan fingerprint density at radius 2 is 1.69 bits per heavy atom. The van der Waals surface area contributed by atoms with Crippen LogP contribution in [0.5, 0.6) is 11.6 Å². The molecule has 3 heterocycles. The first-order chi connectivity index (χ1) is 24.3. The van der Waals surface area contributed by atoms with E-state index in [9.17, 15) is 19.5 Å². The summed E-state index contributed by atoms with van der Waals surface area (Å²) < 4.78 is 38.2. The molecule has 2 fully saturated rings. The molecule has 268 valence electrons. The molecule has 5 N–H and O–H groups in total. The number of carbonyl (C=O) groups excluding carboxylic acids is 2. The van der Waals surface area contributed by atoms with Crippen LogP contribution in [0.4, 0.5) is 14.5 Å². The Balaban J connectivity index is 1.17. The summed E-state index contributed by atoms with van der Waals surface area (Å²) in [5, 5.41) is 11.9. The summed E-state index contributed by atoms with van der Waals surface area (Å²) in [6.45, 7) is -1.38. The maximum absolute atomic E-state index is 15.9. The normalized spacial score (nSPS) is 21.7. The molecule has 3 aromatic carbocycles. The van der Waals surface area contributed by atoms with E-state index in [0.29, 0.717) is 27.9 Å². The number of nitrogen functional groups attached to an aromatic ring is 1. The molecular formula is C36H36Cl2F2N6O5. The largest absolute Gasteiger partial charge is 0.437 e. The zero-order chi connectivity index (χ0) is 36.5. The second-order valence-electron chi connectivity index (χ2n) is 12.9. The number of nitrogens with two attached hydrogens (primary N) is 2. The molecule has 0 saturated carbocycles. The van der Waals surface area contributed by atoms with E-state index in [2.05, 4.69) is 4.98 Å². The minimum absolute atomic E-state index is 0.160. The molecule has 2 saturated heterocycles. The Morgan fingerprint density at radius 1 is 1.00 bits per heavy atom. The third-order valence-electron chi connectivity index (χ3n) is 9.57. The maximum atomic E-state index is 15.9. The van der Waals surface area contributed by atoms with Crippen molar-refractivity contribution in [2.75, 3.05) is 31.9 Å². The number of halogens is 4. The molecule has 0 aliphatic carbocycles. The van der Waals surface area contributed by atoms with Crippen LogP contribution in [0.3, 0.4) is 0 Å². The van der Waals surface area contributed by atoms with Crippen LogP contribution in [0.1, 0.15) is 40.2 Å². The number of ether oxygens (including phenoxy) is 1. The number of aliphatic hydroxyl groups is 1. The van der Waals surface area contributed by atoms with Crippen LogP contribution < -0.4 is 21.8 Å². The first-order valence-electron chi connectivity index (χ1n) is 16.3. The molecule has 2 amide bonds. The summed E-state index contributed by atoms with van der Waals surface area (Å²) in [6.07, 6.45) is 0.689. The van der Waals surface area contributed by atoms with Gasteiger partial charge in [0.15, 0.2) is 5.69 Å². The van der Waals surface area contributed by atoms with Crippen molar-refractivity contribution in [3.05, 3.63) is 116 Å². The van der Waals surface area contributed by atoms with Gasteiger partial charge in [0.05, 0.1) is 13.1 Å². The molecule has 6 rings (SSSR count). The maximum Gasteiger partial charge on any atom is 0.295 e. The molecule has 51 heavy (non-hydrogen) atoms. The highest BCUT2D eigenvalue weighted by Gasteiger charge is 2.58. The summed E-state index contributed by atoms with van der Waals surface area (Å²) in [4.78, 5) is 47.3. The first kappa shape index (κ1) is 36.2. The number of hydrogen-bond donors (Lipinski definition) is 3. The lowest BCUT2D eigenvalue weighted by molar-refractivity contribution is -0.223. The predicted octanol–water partition coefficient (Wildman–Crippen LogP) is 4.93. The van der Waals surface area contributed by atoms with Gasteiger partial charge in [-0.1, -0.05) is 65.7 Å². The molecule has 0 bridgehead atoms. The fourth-order valence-electron chi connectivity index (χ4n) is 6.69. The van der Waals surface area contributed by atoms with Gasteiger partial charge in [0.2, 0.25) is 11.8 Å². The van der Waals surface area contributed by atoms with Gasteiger partial charge in [-0.3, -0.25) is 19.0 Å². The van der Waals surface area contributed by atoms with E-state index in [-0.39, 0.29) is 37.8 Å². The molecule has 11 nitrogen and oxygen atoms in total. The number of aromatic nitrogens is 2. The van der Waals surface area contributed by atoms with Crippen LogP contribution in [0, 0.1) is 5.92 Å². The van der Waals surface area contributed by atoms with E-state index in [1.165, 1.54) is 18.2 Å². The second-order valence-corrected chi connectivity index (χ2v) is 13.8. The number of piperidine rings is 2. The van der Waals surface area contributed by atoms with Crippen LogP contribution in [0.15, 0.2) is 83.9 Å². The number of likely N-dealkylation sites (tertiary alicyclic amines) is 2. The van der Waals surface area contributed by atoms with Crippen LogP contribution in [-0.4, -0.2) is 74.0 Å². The highest BCUT2D eigenvalue weighted by Crippen LogP contribution is 2.41. The van der Waals surface area contributed by atoms with Crippen molar-refractivity contribution in [1.29, 1.82) is 0 Å². The van der Waals surface area contributed by atoms with Crippen LogP contribution in [-0.2, 0) is 17.9 Å². The van der Waals surface area contributed by atoms with Gasteiger partial charge in [-0.05, 0) is 47.9 Å². The van der Waals surface area contributed by atoms with E-state index in [0.717, 1.165) is 26.9 Å². The molecule has 0 unspecified atom stereocenters. The molecular weight excluding hydrogens is 705 g/mol. The van der Waals surface area contributed by atoms with Gasteiger partial charge in [0.1, 0.15) is 17.7 Å². The minimum Gasteiger partial charge on any atom is -0.437 e. The Morgan fingerprint density at radius 3 is 2.33 bits per heavy atom. The average Bonchev–Trinajstić information content (AvgIpc) is 3.12. The summed E-state index contributed by atoms with van der Waals surface area (Å²) in [5.74, 6) is -5.71. The number of anilines is 1. The fourth-order valence-corrected chi connectivity index (χ4v) is 7.21. The van der Waals surface area contributed by atoms with E-state index in [1.54, 1.807) is 29.2 Å². The molecule has 2 aliphatic heterocycles. The zero-order valence-electron chi connectivity index (χ0n) is 27.4. The second kappa shape index (κ2) is 14.6. The third-order valence-corrected chi connectivity index (χ3v) is 10.0. The van der Waals surface area contributed by atoms with Gasteiger partial charge in [-0.2, -0.15) is 0 Å². The Hall–Kier alpha value is -4.56. The number of rotatable bonds is 8. The highest BCUT2D eigenvalue weighted by atomic mass is 35.5. The van der Waals surface area contributed by atoms with Gasteiger partial charge >= 0.3 is 0 Å². The van der Waals surface area contributed by atoms with E-state index in [4.69, 9.17) is 39.4 Å². The lowest BCUT2D eigenvalue weighted by atomic mass is 9.78. The Bertz CT molecular complexity index is 1960. The van der Waals surface area contributed by atoms with E-state index in [1.807, 2.05) is 30.3 Å². The van der Waals surface area contributed by atoms with Crippen LogP contribution in [0.2, 0.25) is 10.0 Å². The monoisotopic (exact) mass is 740 g/mol. The molecule has 1 aromatic heterocycles. The van der Waals surface area contributed by atoms with Gasteiger partial charge in [-0.25, -0.2) is 13.8 Å². The molecule has 2 aliphatic rings. The number of alkyl halides is 2.